The van der Waals surface area contributed by atoms with Crippen molar-refractivity contribution < 1.29 is 4.79 Å². The Hall–Kier alpha value is -1.01. The molecule has 0 unspecified atom stereocenters. The van der Waals surface area contributed by atoms with Gasteiger partial charge in [0.25, 0.3) is 5.91 Å². The average molecular weight is 220 g/mol. The van der Waals surface area contributed by atoms with Crippen LogP contribution in [0.5, 0.6) is 0 Å². The molecule has 1 amide bonds. The van der Waals surface area contributed by atoms with Gasteiger partial charge < -0.3 is 10.2 Å². The second kappa shape index (κ2) is 5.36. The molecule has 1 aliphatic carbocycles. The number of nitrogens with one attached hydrogen (secondary N) is 1. The Morgan fingerprint density at radius 2 is 2.00 bits per heavy atom. The van der Waals surface area contributed by atoms with Gasteiger partial charge in [0.15, 0.2) is 0 Å². The topological polar surface area (TPSA) is 32.3 Å². The van der Waals surface area contributed by atoms with Crippen molar-refractivity contribution in [3.05, 3.63) is 0 Å². The third-order valence-electron chi connectivity index (χ3n) is 3.41. The van der Waals surface area contributed by atoms with Gasteiger partial charge in [0.05, 0.1) is 0 Å². The molecule has 0 radical (unpaired) electrons. The summed E-state index contributed by atoms with van der Waals surface area (Å²) < 4.78 is 0. The van der Waals surface area contributed by atoms with E-state index in [1.165, 1.54) is 19.4 Å². The minimum Gasteiger partial charge on any atom is -0.332 e. The lowest BCUT2D eigenvalue weighted by Crippen LogP contribution is -2.45. The van der Waals surface area contributed by atoms with Crippen molar-refractivity contribution in [2.45, 2.75) is 38.6 Å². The van der Waals surface area contributed by atoms with Crippen molar-refractivity contribution >= 4 is 5.91 Å². The zero-order chi connectivity index (χ0) is 11.4. The fourth-order valence-corrected chi connectivity index (χ4v) is 2.13. The molecule has 1 aliphatic heterocycles. The molecular formula is C13H20N2O. The van der Waals surface area contributed by atoms with E-state index in [4.69, 9.17) is 0 Å². The Morgan fingerprint density at radius 1 is 1.31 bits per heavy atom. The third kappa shape index (κ3) is 3.24. The van der Waals surface area contributed by atoms with Crippen LogP contribution in [0.2, 0.25) is 0 Å². The highest BCUT2D eigenvalue weighted by Crippen LogP contribution is 2.28. The van der Waals surface area contributed by atoms with Crippen LogP contribution in [0.25, 0.3) is 0 Å². The van der Waals surface area contributed by atoms with Gasteiger partial charge in [-0.05, 0) is 51.0 Å². The van der Waals surface area contributed by atoms with E-state index in [1.54, 1.807) is 6.92 Å². The van der Waals surface area contributed by atoms with Crippen molar-refractivity contribution in [3.8, 4) is 11.8 Å². The summed E-state index contributed by atoms with van der Waals surface area (Å²) in [6.07, 6.45) is 4.94. The molecule has 1 saturated heterocycles. The molecule has 2 rings (SSSR count). The van der Waals surface area contributed by atoms with Gasteiger partial charge in [0, 0.05) is 19.1 Å². The van der Waals surface area contributed by atoms with Gasteiger partial charge in [-0.3, -0.25) is 4.79 Å². The monoisotopic (exact) mass is 220 g/mol. The Morgan fingerprint density at radius 3 is 2.56 bits per heavy atom. The van der Waals surface area contributed by atoms with E-state index in [1.807, 2.05) is 4.90 Å². The van der Waals surface area contributed by atoms with Crippen molar-refractivity contribution in [2.75, 3.05) is 19.6 Å². The fourth-order valence-electron chi connectivity index (χ4n) is 2.13. The lowest BCUT2D eigenvalue weighted by Gasteiger charge is -2.31. The van der Waals surface area contributed by atoms with E-state index in [0.717, 1.165) is 31.8 Å². The number of likely N-dealkylation sites (tertiary alicyclic amines) is 1. The van der Waals surface area contributed by atoms with Gasteiger partial charge in [-0.25, -0.2) is 0 Å². The van der Waals surface area contributed by atoms with Crippen LogP contribution in [0, 0.1) is 17.8 Å². The van der Waals surface area contributed by atoms with Crippen LogP contribution in [-0.4, -0.2) is 36.5 Å². The van der Waals surface area contributed by atoms with Crippen molar-refractivity contribution in [2.24, 2.45) is 5.92 Å². The number of nitrogens with zero attached hydrogens (tertiary/aromatic N) is 1. The van der Waals surface area contributed by atoms with Crippen LogP contribution in [-0.2, 0) is 4.79 Å². The number of amides is 1. The first-order valence-corrected chi connectivity index (χ1v) is 6.24. The van der Waals surface area contributed by atoms with Crippen LogP contribution >= 0.6 is 0 Å². The summed E-state index contributed by atoms with van der Waals surface area (Å²) in [6.45, 7) is 4.60. The third-order valence-corrected chi connectivity index (χ3v) is 3.41. The summed E-state index contributed by atoms with van der Waals surface area (Å²) in [6, 6.07) is 0.610. The average Bonchev–Trinajstić information content (AvgIpc) is 3.11. The SMILES string of the molecule is CC#CC(=O)N1CCC(NCC2CC2)CC1. The number of rotatable bonds is 3. The van der Waals surface area contributed by atoms with Gasteiger partial charge in [-0.1, -0.05) is 5.92 Å². The zero-order valence-corrected chi connectivity index (χ0v) is 9.96. The first-order chi connectivity index (χ1) is 7.79. The van der Waals surface area contributed by atoms with E-state index in [9.17, 15) is 4.79 Å². The van der Waals surface area contributed by atoms with Gasteiger partial charge in [0.2, 0.25) is 0 Å². The maximum absolute atomic E-state index is 11.5. The summed E-state index contributed by atoms with van der Waals surface area (Å²) in [4.78, 5) is 13.4. The Bertz CT molecular complexity index is 304. The summed E-state index contributed by atoms with van der Waals surface area (Å²) in [7, 11) is 0. The molecule has 1 heterocycles. The second-order valence-corrected chi connectivity index (χ2v) is 4.79. The summed E-state index contributed by atoms with van der Waals surface area (Å²) in [5, 5.41) is 3.60. The molecule has 0 atom stereocenters. The quantitative estimate of drug-likeness (QED) is 0.720. The molecule has 2 aliphatic rings. The van der Waals surface area contributed by atoms with E-state index in [2.05, 4.69) is 17.2 Å². The van der Waals surface area contributed by atoms with Crippen LogP contribution < -0.4 is 5.32 Å². The molecule has 0 aromatic rings. The first kappa shape index (κ1) is 11.5. The molecular weight excluding hydrogens is 200 g/mol. The molecule has 1 N–H and O–H groups in total. The largest absolute Gasteiger partial charge is 0.332 e. The van der Waals surface area contributed by atoms with Gasteiger partial charge in [-0.2, -0.15) is 0 Å². The van der Waals surface area contributed by atoms with Gasteiger partial charge in [0.1, 0.15) is 0 Å². The Kier molecular flexibility index (Phi) is 3.84. The number of hydrogen-bond acceptors (Lipinski definition) is 2. The van der Waals surface area contributed by atoms with Crippen LogP contribution in [0.1, 0.15) is 32.6 Å². The predicted molar refractivity (Wildman–Crippen MR) is 63.8 cm³/mol. The maximum atomic E-state index is 11.5. The summed E-state index contributed by atoms with van der Waals surface area (Å²) in [5.74, 6) is 6.20. The standard InChI is InChI=1S/C13H20N2O/c1-2-3-13(16)15-8-6-12(7-9-15)14-10-11-4-5-11/h11-12,14H,4-10H2,1H3. The Labute approximate surface area is 97.6 Å². The zero-order valence-electron chi connectivity index (χ0n) is 9.96. The smallest absolute Gasteiger partial charge is 0.298 e. The minimum absolute atomic E-state index is 0.0110. The molecule has 0 aromatic heterocycles. The lowest BCUT2D eigenvalue weighted by molar-refractivity contribution is -0.126. The molecule has 2 fully saturated rings. The molecule has 0 spiro atoms. The number of piperidine rings is 1. The highest BCUT2D eigenvalue weighted by atomic mass is 16.2. The number of carbonyl (C=O) groups excluding carboxylic acids is 1. The maximum Gasteiger partial charge on any atom is 0.298 e. The van der Waals surface area contributed by atoms with Crippen LogP contribution in [0.4, 0.5) is 0 Å². The fraction of sp³-hybridized carbons (Fsp3) is 0.769. The Balaban J connectivity index is 1.68. The van der Waals surface area contributed by atoms with Gasteiger partial charge in [-0.15, -0.1) is 0 Å². The van der Waals surface area contributed by atoms with E-state index in [-0.39, 0.29) is 5.91 Å². The van der Waals surface area contributed by atoms with Crippen molar-refractivity contribution in [3.63, 3.8) is 0 Å². The predicted octanol–water partition coefficient (Wildman–Crippen LogP) is 1.00. The van der Waals surface area contributed by atoms with Crippen LogP contribution in [0.15, 0.2) is 0 Å². The van der Waals surface area contributed by atoms with Crippen molar-refractivity contribution in [1.82, 2.24) is 10.2 Å². The molecule has 16 heavy (non-hydrogen) atoms. The first-order valence-electron chi connectivity index (χ1n) is 6.24. The van der Waals surface area contributed by atoms with Gasteiger partial charge >= 0.3 is 0 Å². The van der Waals surface area contributed by atoms with Crippen LogP contribution in [0.3, 0.4) is 0 Å². The van der Waals surface area contributed by atoms with E-state index >= 15 is 0 Å². The lowest BCUT2D eigenvalue weighted by atomic mass is 10.0. The number of carbonyl (C=O) groups is 1. The second-order valence-electron chi connectivity index (χ2n) is 4.79. The molecule has 0 bridgehead atoms. The normalized spacial score (nSPS) is 21.4. The highest BCUT2D eigenvalue weighted by Gasteiger charge is 2.25. The van der Waals surface area contributed by atoms with E-state index < -0.39 is 0 Å². The number of hydrogen-bond donors (Lipinski definition) is 1. The molecule has 3 nitrogen and oxygen atoms in total. The molecule has 1 saturated carbocycles. The van der Waals surface area contributed by atoms with E-state index in [0.29, 0.717) is 6.04 Å². The molecule has 88 valence electrons. The highest BCUT2D eigenvalue weighted by molar-refractivity contribution is 5.93. The minimum atomic E-state index is -0.0110. The molecule has 0 aromatic carbocycles. The summed E-state index contributed by atoms with van der Waals surface area (Å²) in [5.41, 5.74) is 0. The van der Waals surface area contributed by atoms with Crippen molar-refractivity contribution in [1.29, 1.82) is 0 Å². The molecule has 3 heteroatoms. The summed E-state index contributed by atoms with van der Waals surface area (Å²) >= 11 is 0.